The Morgan fingerprint density at radius 3 is 2.96 bits per heavy atom. The quantitative estimate of drug-likeness (QED) is 0.282. The molecule has 0 amide bonds. The summed E-state index contributed by atoms with van der Waals surface area (Å²) in [6.45, 7) is -0.157. The summed E-state index contributed by atoms with van der Waals surface area (Å²) < 4.78 is 28.2. The molecule has 0 bridgehead atoms. The van der Waals surface area contributed by atoms with E-state index in [2.05, 4.69) is 19.5 Å². The molecule has 2 aliphatic rings. The van der Waals surface area contributed by atoms with Gasteiger partial charge in [0, 0.05) is 0 Å². The number of hydrogen-bond donors (Lipinski definition) is 3. The minimum absolute atomic E-state index is 0. The molecule has 1 unspecified atom stereocenters. The number of hydrogen-bond acceptors (Lipinski definition) is 9. The fraction of sp³-hybridized carbons (Fsp3) is 0.500. The van der Waals surface area contributed by atoms with Gasteiger partial charge in [0.05, 0.1) is 12.9 Å². The third-order valence-electron chi connectivity index (χ3n) is 3.63. The molecule has 2 fully saturated rings. The van der Waals surface area contributed by atoms with Crippen LogP contribution in [-0.2, 0) is 18.3 Å². The zero-order valence-corrected chi connectivity index (χ0v) is 18.1. The summed E-state index contributed by atoms with van der Waals surface area (Å²) in [5.41, 5.74) is 6.46. The van der Waals surface area contributed by atoms with E-state index in [9.17, 15) is 14.6 Å². The van der Waals surface area contributed by atoms with E-state index in [-0.39, 0.29) is 39.7 Å². The van der Waals surface area contributed by atoms with Gasteiger partial charge in [0.15, 0.2) is 17.7 Å². The van der Waals surface area contributed by atoms with Gasteiger partial charge in [0.25, 0.3) is 0 Å². The van der Waals surface area contributed by atoms with Crippen molar-refractivity contribution < 1.29 is 28.3 Å². The Hall–Kier alpha value is -0.698. The van der Waals surface area contributed by atoms with Crippen molar-refractivity contribution in [3.8, 4) is 0 Å². The fourth-order valence-corrected chi connectivity index (χ4v) is 3.59. The molecule has 0 aliphatic carbocycles. The molecule has 124 valence electrons. The van der Waals surface area contributed by atoms with Gasteiger partial charge in [-0.15, -0.1) is 0 Å². The number of aliphatic hydroxyl groups is 1. The van der Waals surface area contributed by atoms with E-state index in [1.165, 1.54) is 17.2 Å². The van der Waals surface area contributed by atoms with Gasteiger partial charge < -0.3 is 20.5 Å². The number of nitrogens with two attached hydrogens (primary N) is 1. The van der Waals surface area contributed by atoms with E-state index in [1.807, 2.05) is 0 Å². The first kappa shape index (κ1) is 17.1. The van der Waals surface area contributed by atoms with E-state index < -0.39 is 32.4 Å². The van der Waals surface area contributed by atoms with E-state index in [0.29, 0.717) is 11.2 Å². The standard InChI is InChI=1S/C10H12N5O6P.Pb.2H/c11-8-5-9(13-2-12-8)15(3-14-5)10-6(16)7-4(20-10)1-19-22(17,18)21-7;;;/h2-4,6-7,10,16H,1H2,(H,17,18)(H2,11,12,13);;;/t4-,6-,7-,10-;;;/m1.../s1. The SMILES string of the molecule is Nc1ncnc2c1ncn2[C@@H]1O[C@@H]2COP(=O)(O)O[C@H]2[C@H]1O.[PbH2]. The van der Waals surface area contributed by atoms with Crippen molar-refractivity contribution >= 4 is 52.1 Å². The van der Waals surface area contributed by atoms with Gasteiger partial charge in [-0.05, 0) is 0 Å². The van der Waals surface area contributed by atoms with Crippen molar-refractivity contribution in [1.82, 2.24) is 19.5 Å². The molecular weight excluding hydrogens is 524 g/mol. The van der Waals surface area contributed by atoms with Crippen molar-refractivity contribution in [3.05, 3.63) is 12.7 Å². The van der Waals surface area contributed by atoms with Gasteiger partial charge in [-0.1, -0.05) is 0 Å². The molecule has 4 rings (SSSR count). The number of aromatic nitrogens is 4. The predicted molar refractivity (Wildman–Crippen MR) is 78.8 cm³/mol. The number of ether oxygens (including phenoxy) is 1. The third kappa shape index (κ3) is 2.79. The molecule has 0 spiro atoms. The molecule has 0 saturated carbocycles. The summed E-state index contributed by atoms with van der Waals surface area (Å²) in [4.78, 5) is 21.3. The van der Waals surface area contributed by atoms with E-state index in [0.717, 1.165) is 0 Å². The Kier molecular flexibility index (Phi) is 4.46. The van der Waals surface area contributed by atoms with Crippen LogP contribution < -0.4 is 5.73 Å². The molecule has 4 N–H and O–H groups in total. The van der Waals surface area contributed by atoms with Gasteiger partial charge in [0.2, 0.25) is 0 Å². The Bertz CT molecular complexity index is 788. The van der Waals surface area contributed by atoms with Crippen LogP contribution in [0.1, 0.15) is 6.23 Å². The Labute approximate surface area is 149 Å². The molecule has 2 aliphatic heterocycles. The zero-order valence-electron chi connectivity index (χ0n) is 11.7. The molecule has 13 heteroatoms. The molecule has 23 heavy (non-hydrogen) atoms. The van der Waals surface area contributed by atoms with Crippen LogP contribution >= 0.6 is 7.82 Å². The Morgan fingerprint density at radius 2 is 2.17 bits per heavy atom. The van der Waals surface area contributed by atoms with Crippen molar-refractivity contribution in [3.63, 3.8) is 0 Å². The van der Waals surface area contributed by atoms with Gasteiger partial charge in [0.1, 0.15) is 30.2 Å². The average molecular weight is 538 g/mol. The Morgan fingerprint density at radius 1 is 1.39 bits per heavy atom. The fourth-order valence-electron chi connectivity index (χ4n) is 2.62. The second kappa shape index (κ2) is 5.98. The molecule has 2 radical (unpaired) electrons. The molecule has 11 nitrogen and oxygen atoms in total. The number of phosphoric acid groups is 1. The number of aliphatic hydroxyl groups excluding tert-OH is 1. The summed E-state index contributed by atoms with van der Waals surface area (Å²) in [6, 6.07) is 0. The number of fused-ring (bicyclic) bond motifs is 2. The van der Waals surface area contributed by atoms with Crippen molar-refractivity contribution in [1.29, 1.82) is 0 Å². The van der Waals surface area contributed by atoms with Crippen LogP contribution in [0.2, 0.25) is 0 Å². The van der Waals surface area contributed by atoms with Gasteiger partial charge in [-0.3, -0.25) is 13.6 Å². The second-order valence-corrected chi connectivity index (χ2v) is 6.38. The average Bonchev–Trinajstić information content (AvgIpc) is 3.01. The number of imidazole rings is 1. The number of phosphoric ester groups is 1. The summed E-state index contributed by atoms with van der Waals surface area (Å²) in [7, 11) is -4.16. The third-order valence-corrected chi connectivity index (χ3v) is 4.61. The van der Waals surface area contributed by atoms with Crippen molar-refractivity contribution in [2.24, 2.45) is 0 Å². The van der Waals surface area contributed by atoms with Crippen LogP contribution in [-0.4, -0.2) is 81.7 Å². The number of rotatable bonds is 1. The first-order valence-electron chi connectivity index (χ1n) is 6.38. The van der Waals surface area contributed by atoms with Crippen LogP contribution in [0.25, 0.3) is 11.2 Å². The molecule has 2 aromatic rings. The molecular formula is C10H14N5O6PPb. The van der Waals surface area contributed by atoms with Crippen LogP contribution in [0.5, 0.6) is 0 Å². The number of anilines is 1. The van der Waals surface area contributed by atoms with Gasteiger partial charge in [-0.2, -0.15) is 0 Å². The first-order chi connectivity index (χ1) is 10.5. The number of nitrogen functional groups attached to an aromatic ring is 1. The Balaban J connectivity index is 0.00000156. The second-order valence-electron chi connectivity index (χ2n) is 4.97. The minimum atomic E-state index is -4.16. The zero-order chi connectivity index (χ0) is 15.5. The summed E-state index contributed by atoms with van der Waals surface area (Å²) in [6.07, 6.45) is -1.07. The van der Waals surface area contributed by atoms with Crippen molar-refractivity contribution in [2.45, 2.75) is 24.5 Å². The summed E-state index contributed by atoms with van der Waals surface area (Å²) >= 11 is 0. The van der Waals surface area contributed by atoms with E-state index in [4.69, 9.17) is 15.0 Å². The van der Waals surface area contributed by atoms with Gasteiger partial charge in [-0.25, -0.2) is 19.5 Å². The summed E-state index contributed by atoms with van der Waals surface area (Å²) in [5, 5.41) is 10.4. The van der Waals surface area contributed by atoms with Crippen molar-refractivity contribution in [2.75, 3.05) is 12.3 Å². The van der Waals surface area contributed by atoms with Crippen LogP contribution in [0.4, 0.5) is 5.82 Å². The van der Waals surface area contributed by atoms with Crippen LogP contribution in [0.15, 0.2) is 12.7 Å². The molecule has 2 aromatic heterocycles. The molecule has 5 atom stereocenters. The van der Waals surface area contributed by atoms with Gasteiger partial charge >= 0.3 is 35.1 Å². The predicted octanol–water partition coefficient (Wildman–Crippen LogP) is -1.73. The molecule has 4 heterocycles. The van der Waals surface area contributed by atoms with E-state index >= 15 is 0 Å². The molecule has 2 saturated heterocycles. The number of nitrogens with zero attached hydrogens (tertiary/aromatic N) is 4. The first-order valence-corrected chi connectivity index (χ1v) is 7.88. The normalized spacial score (nSPS) is 36.6. The topological polar surface area (TPSA) is 155 Å². The van der Waals surface area contributed by atoms with Crippen LogP contribution in [0.3, 0.4) is 0 Å². The maximum absolute atomic E-state index is 11.5. The monoisotopic (exact) mass is 539 g/mol. The molecule has 0 aromatic carbocycles. The maximum atomic E-state index is 11.5. The summed E-state index contributed by atoms with van der Waals surface area (Å²) in [5.74, 6) is 0.202. The van der Waals surface area contributed by atoms with Crippen LogP contribution in [0, 0.1) is 0 Å². The van der Waals surface area contributed by atoms with E-state index in [1.54, 1.807) is 0 Å².